The van der Waals surface area contributed by atoms with Crippen molar-refractivity contribution in [1.82, 2.24) is 0 Å². The zero-order chi connectivity index (χ0) is 30.6. The van der Waals surface area contributed by atoms with Crippen molar-refractivity contribution in [3.63, 3.8) is 0 Å². The van der Waals surface area contributed by atoms with Gasteiger partial charge in [0.1, 0.15) is 5.60 Å². The van der Waals surface area contributed by atoms with Crippen LogP contribution in [0.2, 0.25) is 23.2 Å². The van der Waals surface area contributed by atoms with Crippen molar-refractivity contribution in [3.05, 3.63) is 72.8 Å². The highest BCUT2D eigenvalue weighted by Crippen LogP contribution is 2.51. The summed E-state index contributed by atoms with van der Waals surface area (Å²) >= 11 is 0. The Bertz CT molecular complexity index is 1150. The summed E-state index contributed by atoms with van der Waals surface area (Å²) in [7, 11) is -4.99. The summed E-state index contributed by atoms with van der Waals surface area (Å²) in [6, 6.07) is 24.1. The van der Waals surface area contributed by atoms with Gasteiger partial charge >= 0.3 is 5.97 Å². The first-order valence-corrected chi connectivity index (χ1v) is 20.1. The molecule has 0 saturated carbocycles. The molecule has 230 valence electrons. The lowest BCUT2D eigenvalue weighted by atomic mass is 9.80. The molecule has 1 N–H and O–H groups in total. The summed E-state index contributed by atoms with van der Waals surface area (Å²) in [6.07, 6.45) is 2.36. The highest BCUT2D eigenvalue weighted by Gasteiger charge is 2.65. The molecule has 8 heteroatoms. The second-order valence-electron chi connectivity index (χ2n) is 12.8. The van der Waals surface area contributed by atoms with Crippen molar-refractivity contribution in [2.24, 2.45) is 0 Å². The third-order valence-electron chi connectivity index (χ3n) is 9.56. The number of hydrogen-bond donors (Lipinski definition) is 1. The summed E-state index contributed by atoms with van der Waals surface area (Å²) in [5.74, 6) is -0.415. The number of ether oxygens (including phenoxy) is 2. The van der Waals surface area contributed by atoms with Gasteiger partial charge in [-0.1, -0.05) is 102 Å². The van der Waals surface area contributed by atoms with Gasteiger partial charge in [-0.25, -0.2) is 4.79 Å². The number of hydrogen-bond acceptors (Lipinski definition) is 6. The maximum absolute atomic E-state index is 12.4. The third-order valence-corrected chi connectivity index (χ3v) is 19.2. The summed E-state index contributed by atoms with van der Waals surface area (Å²) in [4.78, 5) is 12.4. The quantitative estimate of drug-likeness (QED) is 0.177. The van der Waals surface area contributed by atoms with E-state index in [0.717, 1.165) is 18.1 Å². The molecule has 0 unspecified atom stereocenters. The van der Waals surface area contributed by atoms with Crippen molar-refractivity contribution in [3.8, 4) is 0 Å². The number of carbonyl (C=O) groups is 1. The molecule has 2 bridgehead atoms. The molecule has 2 aliphatic rings. The van der Waals surface area contributed by atoms with E-state index in [9.17, 15) is 9.90 Å². The van der Waals surface area contributed by atoms with Gasteiger partial charge in [0.2, 0.25) is 0 Å². The van der Waals surface area contributed by atoms with Crippen molar-refractivity contribution in [1.29, 1.82) is 0 Å². The number of aliphatic hydroxyl groups excluding tert-OH is 1. The molecule has 0 radical (unpaired) electrons. The van der Waals surface area contributed by atoms with Crippen LogP contribution < -0.4 is 10.4 Å². The number of aliphatic hydroxyl groups is 1. The molecule has 42 heavy (non-hydrogen) atoms. The number of rotatable bonds is 13. The smallest absolute Gasteiger partial charge is 0.330 e. The van der Waals surface area contributed by atoms with Crippen LogP contribution >= 0.6 is 0 Å². The Hall–Kier alpha value is -2.08. The van der Waals surface area contributed by atoms with Gasteiger partial charge in [-0.3, -0.25) is 0 Å². The van der Waals surface area contributed by atoms with E-state index in [0.29, 0.717) is 19.4 Å². The van der Waals surface area contributed by atoms with Crippen molar-refractivity contribution < 1.29 is 28.2 Å². The minimum absolute atomic E-state index is 0.183. The van der Waals surface area contributed by atoms with Gasteiger partial charge in [-0.05, 0) is 46.5 Å². The molecule has 2 heterocycles. The van der Waals surface area contributed by atoms with Crippen LogP contribution in [-0.4, -0.2) is 64.3 Å². The largest absolute Gasteiger partial charge is 0.463 e. The molecule has 2 fully saturated rings. The van der Waals surface area contributed by atoms with E-state index in [1.54, 1.807) is 13.0 Å². The normalized spacial score (nSPS) is 25.2. The van der Waals surface area contributed by atoms with Crippen molar-refractivity contribution >= 4 is 33.0 Å². The number of fused-ring (bicyclic) bond motifs is 2. The zero-order valence-corrected chi connectivity index (χ0v) is 28.5. The van der Waals surface area contributed by atoms with E-state index in [1.807, 2.05) is 12.1 Å². The molecule has 0 aliphatic carbocycles. The minimum Gasteiger partial charge on any atom is -0.463 e. The fraction of sp³-hybridized carbons (Fsp3) is 0.559. The summed E-state index contributed by atoms with van der Waals surface area (Å²) in [5.41, 5.74) is -0.999. The summed E-state index contributed by atoms with van der Waals surface area (Å²) in [6.45, 7) is 15.5. The van der Waals surface area contributed by atoms with E-state index in [-0.39, 0.29) is 17.2 Å². The Morgan fingerprint density at radius 1 is 1.00 bits per heavy atom. The Kier molecular flexibility index (Phi) is 10.4. The molecule has 0 amide bonds. The van der Waals surface area contributed by atoms with E-state index >= 15 is 0 Å². The monoisotopic (exact) mass is 610 g/mol. The highest BCUT2D eigenvalue weighted by molar-refractivity contribution is 6.99. The second-order valence-corrected chi connectivity index (χ2v) is 21.8. The highest BCUT2D eigenvalue weighted by atomic mass is 28.4. The third kappa shape index (κ3) is 6.12. The molecule has 2 aromatic rings. The molecule has 6 nitrogen and oxygen atoms in total. The predicted octanol–water partition coefficient (Wildman–Crippen LogP) is 5.73. The molecule has 2 aliphatic heterocycles. The molecule has 5 atom stereocenters. The van der Waals surface area contributed by atoms with E-state index < -0.39 is 40.4 Å². The van der Waals surface area contributed by atoms with Crippen molar-refractivity contribution in [2.45, 2.75) is 114 Å². The molecule has 4 rings (SSSR count). The fourth-order valence-corrected chi connectivity index (χ4v) is 14.5. The Morgan fingerprint density at radius 3 is 2.02 bits per heavy atom. The van der Waals surface area contributed by atoms with Crippen LogP contribution in [0.3, 0.4) is 0 Å². The van der Waals surface area contributed by atoms with Crippen LogP contribution in [0.4, 0.5) is 0 Å². The SMILES string of the molecule is CCOC(=O)/C=C/[C@H](O[Si](CC)(CC)CC)[C@@]12C[C@H](O[Si](c3ccccc3)(c3ccccc3)C(C)(C)C)[C@@H](C[C@@H]1O)O2. The molecule has 0 spiro atoms. The topological polar surface area (TPSA) is 74.2 Å². The first-order valence-electron chi connectivity index (χ1n) is 15.7. The summed E-state index contributed by atoms with van der Waals surface area (Å²) in [5, 5.41) is 13.8. The maximum atomic E-state index is 12.4. The van der Waals surface area contributed by atoms with Gasteiger partial charge in [0.15, 0.2) is 8.32 Å². The molecule has 2 saturated heterocycles. The molecular weight excluding hydrogens is 561 g/mol. The van der Waals surface area contributed by atoms with Gasteiger partial charge in [0, 0.05) is 18.9 Å². The lowest BCUT2D eigenvalue weighted by molar-refractivity contribution is -0.137. The Morgan fingerprint density at radius 2 is 1.55 bits per heavy atom. The molecular formula is C34H50O6Si2. The van der Waals surface area contributed by atoms with E-state index in [2.05, 4.69) is 90.1 Å². The van der Waals surface area contributed by atoms with Gasteiger partial charge in [-0.15, -0.1) is 0 Å². The second kappa shape index (κ2) is 13.3. The van der Waals surface area contributed by atoms with Gasteiger partial charge in [-0.2, -0.15) is 0 Å². The van der Waals surface area contributed by atoms with Gasteiger partial charge < -0.3 is 23.4 Å². The Labute approximate surface area is 254 Å². The summed E-state index contributed by atoms with van der Waals surface area (Å²) < 4.78 is 26.5. The maximum Gasteiger partial charge on any atom is 0.330 e. The Balaban J connectivity index is 1.77. The van der Waals surface area contributed by atoms with Gasteiger partial charge in [0.05, 0.1) is 31.0 Å². The van der Waals surface area contributed by atoms with Crippen LogP contribution in [0.15, 0.2) is 72.8 Å². The van der Waals surface area contributed by atoms with Crippen LogP contribution in [0, 0.1) is 0 Å². The van der Waals surface area contributed by atoms with Crippen LogP contribution in [0.5, 0.6) is 0 Å². The zero-order valence-electron chi connectivity index (χ0n) is 26.5. The number of carbonyl (C=O) groups excluding carboxylic acids is 1. The average molecular weight is 611 g/mol. The predicted molar refractivity (Wildman–Crippen MR) is 173 cm³/mol. The lowest BCUT2D eigenvalue weighted by Crippen LogP contribution is -2.68. The van der Waals surface area contributed by atoms with E-state index in [4.69, 9.17) is 18.3 Å². The van der Waals surface area contributed by atoms with Crippen molar-refractivity contribution in [2.75, 3.05) is 6.61 Å². The molecule has 0 aromatic heterocycles. The average Bonchev–Trinajstić information content (AvgIpc) is 3.51. The minimum atomic E-state index is -2.84. The van der Waals surface area contributed by atoms with Crippen LogP contribution in [-0.2, 0) is 23.1 Å². The van der Waals surface area contributed by atoms with E-state index in [1.165, 1.54) is 16.4 Å². The number of benzene rings is 2. The van der Waals surface area contributed by atoms with Crippen LogP contribution in [0.25, 0.3) is 0 Å². The van der Waals surface area contributed by atoms with Crippen LogP contribution in [0.1, 0.15) is 61.3 Å². The first-order chi connectivity index (χ1) is 20.0. The first kappa shape index (κ1) is 32.8. The number of esters is 1. The fourth-order valence-electron chi connectivity index (χ4n) is 7.02. The lowest BCUT2D eigenvalue weighted by Gasteiger charge is -2.46. The standard InChI is InChI=1S/C34H50O6Si2/c1-8-37-32(36)23-22-31(40-41(9-2,10-3)11-4)34-25-29(28(38-34)24-30(34)35)39-42(33(5,6)7,26-18-14-12-15-19-26)27-20-16-13-17-21-27/h12-23,28-31,35H,8-11,24-25H2,1-7H3/b23-22+/t28-,29+,30+,31+,34-/m1/s1. The molecule has 2 aromatic carbocycles. The van der Waals surface area contributed by atoms with Gasteiger partial charge in [0.25, 0.3) is 8.32 Å².